The first-order valence-electron chi connectivity index (χ1n) is 8.79. The number of carbonyl (C=O) groups is 2. The van der Waals surface area contributed by atoms with Crippen molar-refractivity contribution in [2.24, 2.45) is 0 Å². The lowest BCUT2D eigenvalue weighted by Gasteiger charge is -2.09. The molecule has 8 heteroatoms. The molecule has 0 radical (unpaired) electrons. The number of nitrogen functional groups attached to an aromatic ring is 1. The zero-order valence-corrected chi connectivity index (χ0v) is 16.2. The third-order valence-corrected chi connectivity index (χ3v) is 4.44. The van der Waals surface area contributed by atoms with Gasteiger partial charge in [-0.2, -0.15) is 4.98 Å². The molecule has 0 saturated heterocycles. The van der Waals surface area contributed by atoms with E-state index in [2.05, 4.69) is 9.97 Å². The summed E-state index contributed by atoms with van der Waals surface area (Å²) in [6.07, 6.45) is 0. The van der Waals surface area contributed by atoms with Crippen LogP contribution in [0.15, 0.2) is 22.6 Å². The van der Waals surface area contributed by atoms with Gasteiger partial charge in [0, 0.05) is 0 Å². The number of furan rings is 1. The maximum Gasteiger partial charge on any atom is 0.342 e. The predicted octanol–water partition coefficient (Wildman–Crippen LogP) is 3.26. The van der Waals surface area contributed by atoms with Crippen LogP contribution >= 0.6 is 0 Å². The standard InChI is InChI=1S/C20H21N3O5/c1-5-26-20(25)15-12(4)28-18-16(15)17(21)22-14(23-18)9-27-19(24)13-8-6-7-10(2)11(13)3/h6-8H,5,9H2,1-4H3,(H2,21,22,23). The number of aromatic nitrogens is 2. The van der Waals surface area contributed by atoms with E-state index in [9.17, 15) is 9.59 Å². The van der Waals surface area contributed by atoms with E-state index in [0.29, 0.717) is 16.7 Å². The minimum atomic E-state index is -0.553. The maximum absolute atomic E-state index is 12.4. The van der Waals surface area contributed by atoms with Crippen molar-refractivity contribution in [3.8, 4) is 0 Å². The first-order chi connectivity index (χ1) is 13.3. The van der Waals surface area contributed by atoms with Crippen LogP contribution in [0.5, 0.6) is 0 Å². The van der Waals surface area contributed by atoms with E-state index >= 15 is 0 Å². The van der Waals surface area contributed by atoms with Crippen LogP contribution in [0.1, 0.15) is 50.4 Å². The van der Waals surface area contributed by atoms with Crippen LogP contribution in [0.4, 0.5) is 5.82 Å². The number of esters is 2. The lowest BCUT2D eigenvalue weighted by atomic mass is 10.0. The van der Waals surface area contributed by atoms with Gasteiger partial charge in [0.2, 0.25) is 5.71 Å². The van der Waals surface area contributed by atoms with E-state index in [-0.39, 0.29) is 36.1 Å². The summed E-state index contributed by atoms with van der Waals surface area (Å²) < 4.78 is 15.9. The van der Waals surface area contributed by atoms with E-state index in [1.54, 1.807) is 26.0 Å². The number of nitrogens with two attached hydrogens (primary N) is 1. The molecule has 3 rings (SSSR count). The molecule has 0 aliphatic rings. The summed E-state index contributed by atoms with van der Waals surface area (Å²) in [6, 6.07) is 5.41. The molecule has 8 nitrogen and oxygen atoms in total. The predicted molar refractivity (Wildman–Crippen MR) is 102 cm³/mol. The van der Waals surface area contributed by atoms with Crippen molar-refractivity contribution in [1.29, 1.82) is 0 Å². The Hall–Kier alpha value is -3.42. The van der Waals surface area contributed by atoms with Gasteiger partial charge >= 0.3 is 11.9 Å². The molecule has 2 aromatic heterocycles. The molecule has 0 fully saturated rings. The summed E-state index contributed by atoms with van der Waals surface area (Å²) in [4.78, 5) is 32.9. The first-order valence-corrected chi connectivity index (χ1v) is 8.79. The molecule has 0 amide bonds. The fourth-order valence-electron chi connectivity index (χ4n) is 2.88. The number of hydrogen-bond acceptors (Lipinski definition) is 8. The van der Waals surface area contributed by atoms with E-state index in [1.165, 1.54) is 0 Å². The Morgan fingerprint density at radius 3 is 2.57 bits per heavy atom. The third kappa shape index (κ3) is 3.53. The number of hydrogen-bond donors (Lipinski definition) is 1. The van der Waals surface area contributed by atoms with Crippen molar-refractivity contribution in [2.75, 3.05) is 12.3 Å². The molecule has 0 unspecified atom stereocenters. The molecule has 0 aliphatic heterocycles. The summed E-state index contributed by atoms with van der Waals surface area (Å²) in [5.41, 5.74) is 8.68. The molecule has 0 aliphatic carbocycles. The van der Waals surface area contributed by atoms with Crippen LogP contribution in [-0.4, -0.2) is 28.5 Å². The SMILES string of the molecule is CCOC(=O)c1c(C)oc2nc(COC(=O)c3cccc(C)c3C)nc(N)c12. The van der Waals surface area contributed by atoms with Gasteiger partial charge in [-0.1, -0.05) is 12.1 Å². The number of nitrogens with zero attached hydrogens (tertiary/aromatic N) is 2. The summed E-state index contributed by atoms with van der Waals surface area (Å²) in [7, 11) is 0. The number of rotatable bonds is 5. The molecule has 0 spiro atoms. The number of aryl methyl sites for hydroxylation is 2. The summed E-state index contributed by atoms with van der Waals surface area (Å²) in [5, 5.41) is 0.292. The fraction of sp³-hybridized carbons (Fsp3) is 0.300. The van der Waals surface area contributed by atoms with E-state index < -0.39 is 11.9 Å². The Morgan fingerprint density at radius 2 is 1.86 bits per heavy atom. The fourth-order valence-corrected chi connectivity index (χ4v) is 2.88. The summed E-state index contributed by atoms with van der Waals surface area (Å²) >= 11 is 0. The van der Waals surface area contributed by atoms with Gasteiger partial charge in [-0.05, 0) is 44.9 Å². The number of anilines is 1. The second-order valence-corrected chi connectivity index (χ2v) is 6.28. The van der Waals surface area contributed by atoms with Crippen molar-refractivity contribution >= 4 is 28.9 Å². The van der Waals surface area contributed by atoms with Gasteiger partial charge in [-0.3, -0.25) is 0 Å². The molecular formula is C20H21N3O5. The average Bonchev–Trinajstić information content (AvgIpc) is 2.98. The lowest BCUT2D eigenvalue weighted by molar-refractivity contribution is 0.0460. The van der Waals surface area contributed by atoms with Crippen molar-refractivity contribution in [1.82, 2.24) is 9.97 Å². The highest BCUT2D eigenvalue weighted by atomic mass is 16.5. The highest BCUT2D eigenvalue weighted by Gasteiger charge is 2.24. The van der Waals surface area contributed by atoms with Crippen LogP contribution < -0.4 is 5.73 Å². The molecule has 0 bridgehead atoms. The molecule has 1 aromatic carbocycles. The Kier molecular flexibility index (Phi) is 5.30. The van der Waals surface area contributed by atoms with Gasteiger partial charge in [-0.15, -0.1) is 0 Å². The van der Waals surface area contributed by atoms with Gasteiger partial charge < -0.3 is 19.6 Å². The lowest BCUT2D eigenvalue weighted by Crippen LogP contribution is -2.11. The molecule has 2 N–H and O–H groups in total. The van der Waals surface area contributed by atoms with Crippen LogP contribution in [0.25, 0.3) is 11.1 Å². The highest BCUT2D eigenvalue weighted by Crippen LogP contribution is 2.29. The van der Waals surface area contributed by atoms with E-state index in [1.807, 2.05) is 19.9 Å². The van der Waals surface area contributed by atoms with Crippen molar-refractivity contribution in [2.45, 2.75) is 34.3 Å². The molecule has 2 heterocycles. The van der Waals surface area contributed by atoms with Gasteiger partial charge in [0.1, 0.15) is 17.1 Å². The molecular weight excluding hydrogens is 362 g/mol. The number of fused-ring (bicyclic) bond motifs is 1. The van der Waals surface area contributed by atoms with Gasteiger partial charge in [-0.25, -0.2) is 14.6 Å². The quantitative estimate of drug-likeness (QED) is 0.667. The van der Waals surface area contributed by atoms with Crippen LogP contribution in [0.3, 0.4) is 0 Å². The Balaban J connectivity index is 1.86. The molecule has 0 saturated carbocycles. The van der Waals surface area contributed by atoms with Gasteiger partial charge in [0.15, 0.2) is 12.4 Å². The van der Waals surface area contributed by atoms with Crippen molar-refractivity contribution in [3.63, 3.8) is 0 Å². The normalized spacial score (nSPS) is 10.9. The zero-order chi connectivity index (χ0) is 20.4. The van der Waals surface area contributed by atoms with Gasteiger partial charge in [0.25, 0.3) is 0 Å². The molecule has 146 valence electrons. The number of benzene rings is 1. The van der Waals surface area contributed by atoms with Crippen molar-refractivity contribution < 1.29 is 23.5 Å². The van der Waals surface area contributed by atoms with E-state index in [4.69, 9.17) is 19.6 Å². The summed E-state index contributed by atoms with van der Waals surface area (Å²) in [6.45, 7) is 7.14. The van der Waals surface area contributed by atoms with Crippen LogP contribution in [-0.2, 0) is 16.1 Å². The van der Waals surface area contributed by atoms with Crippen molar-refractivity contribution in [3.05, 3.63) is 52.0 Å². The summed E-state index contributed by atoms with van der Waals surface area (Å²) in [5.74, 6) is -0.469. The van der Waals surface area contributed by atoms with Crippen LogP contribution in [0.2, 0.25) is 0 Å². The third-order valence-electron chi connectivity index (χ3n) is 4.44. The maximum atomic E-state index is 12.4. The smallest absolute Gasteiger partial charge is 0.342 e. The largest absolute Gasteiger partial charge is 0.462 e. The second kappa shape index (κ2) is 7.67. The minimum absolute atomic E-state index is 0.0580. The number of ether oxygens (including phenoxy) is 2. The number of carbonyl (C=O) groups excluding carboxylic acids is 2. The molecule has 0 atom stereocenters. The van der Waals surface area contributed by atoms with Crippen LogP contribution in [0, 0.1) is 20.8 Å². The average molecular weight is 383 g/mol. The second-order valence-electron chi connectivity index (χ2n) is 6.28. The molecule has 3 aromatic rings. The Morgan fingerprint density at radius 1 is 1.11 bits per heavy atom. The minimum Gasteiger partial charge on any atom is -0.462 e. The highest BCUT2D eigenvalue weighted by molar-refractivity contribution is 6.07. The zero-order valence-electron chi connectivity index (χ0n) is 16.2. The van der Waals surface area contributed by atoms with Gasteiger partial charge in [0.05, 0.1) is 17.6 Å². The topological polar surface area (TPSA) is 118 Å². The molecule has 28 heavy (non-hydrogen) atoms. The Labute approximate surface area is 161 Å². The first kappa shape index (κ1) is 19.3. The monoisotopic (exact) mass is 383 g/mol. The van der Waals surface area contributed by atoms with E-state index in [0.717, 1.165) is 11.1 Å². The Bertz CT molecular complexity index is 1070.